The first-order valence-electron chi connectivity index (χ1n) is 9.69. The van der Waals surface area contributed by atoms with Gasteiger partial charge in [-0.25, -0.2) is 4.79 Å². The second-order valence-electron chi connectivity index (χ2n) is 7.09. The number of esters is 1. The predicted molar refractivity (Wildman–Crippen MR) is 117 cm³/mol. The van der Waals surface area contributed by atoms with Crippen LogP contribution in [0.25, 0.3) is 0 Å². The van der Waals surface area contributed by atoms with Crippen LogP contribution in [0.5, 0.6) is 0 Å². The van der Waals surface area contributed by atoms with Gasteiger partial charge in [0.15, 0.2) is 6.61 Å². The van der Waals surface area contributed by atoms with Crippen LogP contribution in [0.1, 0.15) is 37.7 Å². The Labute approximate surface area is 179 Å². The largest absolute Gasteiger partial charge is 0.454 e. The van der Waals surface area contributed by atoms with Gasteiger partial charge in [0.25, 0.3) is 5.69 Å². The molecule has 3 aromatic rings. The quantitative estimate of drug-likeness (QED) is 0.254. The normalized spacial score (nSPS) is 10.5. The Morgan fingerprint density at radius 3 is 2.45 bits per heavy atom. The predicted octanol–water partition coefficient (Wildman–Crippen LogP) is 4.14. The molecule has 31 heavy (non-hydrogen) atoms. The number of nitrogens with one attached hydrogen (secondary N) is 1. The monoisotopic (exact) mass is 421 g/mol. The molecule has 2 aromatic carbocycles. The molecule has 0 spiro atoms. The van der Waals surface area contributed by atoms with Crippen molar-refractivity contribution in [1.29, 1.82) is 0 Å². The van der Waals surface area contributed by atoms with Crippen molar-refractivity contribution in [2.24, 2.45) is 0 Å². The number of rotatable bonds is 8. The second kappa shape index (κ2) is 9.25. The summed E-state index contributed by atoms with van der Waals surface area (Å²) in [5.41, 5.74) is 3.36. The number of nitro groups is 1. The van der Waals surface area contributed by atoms with Crippen molar-refractivity contribution in [3.63, 3.8) is 0 Å². The van der Waals surface area contributed by atoms with Crippen molar-refractivity contribution in [3.8, 4) is 0 Å². The number of nitrogens with zero attached hydrogens (tertiary/aromatic N) is 2. The van der Waals surface area contributed by atoms with E-state index in [1.807, 2.05) is 48.7 Å². The lowest BCUT2D eigenvalue weighted by Crippen LogP contribution is -2.15. The third-order valence-corrected chi connectivity index (χ3v) is 5.09. The van der Waals surface area contributed by atoms with E-state index in [1.54, 1.807) is 13.1 Å². The van der Waals surface area contributed by atoms with E-state index in [0.717, 1.165) is 23.0 Å². The van der Waals surface area contributed by atoms with Gasteiger partial charge in [-0.05, 0) is 37.6 Å². The average Bonchev–Trinajstić information content (AvgIpc) is 3.05. The van der Waals surface area contributed by atoms with Gasteiger partial charge in [0.2, 0.25) is 5.78 Å². The molecule has 1 aromatic heterocycles. The summed E-state index contributed by atoms with van der Waals surface area (Å²) in [7, 11) is 1.55. The Hall–Kier alpha value is -3.94. The van der Waals surface area contributed by atoms with Crippen molar-refractivity contribution in [2.75, 3.05) is 19.0 Å². The molecule has 160 valence electrons. The van der Waals surface area contributed by atoms with Crippen LogP contribution in [-0.2, 0) is 11.3 Å². The zero-order valence-electron chi connectivity index (χ0n) is 17.5. The molecule has 1 heterocycles. The van der Waals surface area contributed by atoms with Crippen LogP contribution >= 0.6 is 0 Å². The number of anilines is 1. The zero-order chi connectivity index (χ0) is 22.5. The molecular weight excluding hydrogens is 398 g/mol. The third kappa shape index (κ3) is 4.80. The standard InChI is InChI=1S/C23H23N3O5/c1-15-11-19(16(2)25(15)13-17-7-5-4-6-8-17)22(27)14-31-23(28)18-9-10-20(24-3)21(12-18)26(29)30/h4-12,24H,13-14H2,1-3H3. The SMILES string of the molecule is CNc1ccc(C(=O)OCC(=O)c2cc(C)n(Cc3ccccc3)c2C)cc1[N+](=O)[O-]. The molecule has 0 atom stereocenters. The van der Waals surface area contributed by atoms with Gasteiger partial charge in [-0.2, -0.15) is 0 Å². The summed E-state index contributed by atoms with van der Waals surface area (Å²) < 4.78 is 7.17. The number of carbonyl (C=O) groups is 2. The molecule has 0 saturated heterocycles. The minimum absolute atomic E-state index is 0.00745. The molecular formula is C23H23N3O5. The maximum atomic E-state index is 12.7. The molecule has 0 saturated carbocycles. The highest BCUT2D eigenvalue weighted by Gasteiger charge is 2.20. The summed E-state index contributed by atoms with van der Waals surface area (Å²) in [6.07, 6.45) is 0. The first kappa shape index (κ1) is 21.8. The van der Waals surface area contributed by atoms with Crippen LogP contribution in [-0.4, -0.2) is 34.9 Å². The Kier molecular flexibility index (Phi) is 6.49. The van der Waals surface area contributed by atoms with E-state index < -0.39 is 17.5 Å². The number of Topliss-reactive ketones (excluding diaryl/α,β-unsaturated/α-hetero) is 1. The fraction of sp³-hybridized carbons (Fsp3) is 0.217. The van der Waals surface area contributed by atoms with Gasteiger partial charge < -0.3 is 14.6 Å². The third-order valence-electron chi connectivity index (χ3n) is 5.09. The van der Waals surface area contributed by atoms with Gasteiger partial charge in [0.05, 0.1) is 10.5 Å². The Bertz CT molecular complexity index is 1140. The first-order valence-corrected chi connectivity index (χ1v) is 9.69. The smallest absolute Gasteiger partial charge is 0.338 e. The lowest BCUT2D eigenvalue weighted by atomic mass is 10.1. The Balaban J connectivity index is 1.71. The average molecular weight is 421 g/mol. The maximum absolute atomic E-state index is 12.7. The maximum Gasteiger partial charge on any atom is 0.338 e. The van der Waals surface area contributed by atoms with Crippen LogP contribution in [0.2, 0.25) is 0 Å². The van der Waals surface area contributed by atoms with E-state index in [-0.39, 0.29) is 22.7 Å². The number of ether oxygens (including phenoxy) is 1. The van der Waals surface area contributed by atoms with E-state index in [2.05, 4.69) is 5.32 Å². The summed E-state index contributed by atoms with van der Waals surface area (Å²) in [5.74, 6) is -1.13. The Morgan fingerprint density at radius 1 is 1.10 bits per heavy atom. The van der Waals surface area contributed by atoms with Gasteiger partial charge in [-0.15, -0.1) is 0 Å². The first-order chi connectivity index (χ1) is 14.8. The highest BCUT2D eigenvalue weighted by molar-refractivity contribution is 6.00. The number of hydrogen-bond donors (Lipinski definition) is 1. The highest BCUT2D eigenvalue weighted by atomic mass is 16.6. The number of aromatic nitrogens is 1. The highest BCUT2D eigenvalue weighted by Crippen LogP contribution is 2.25. The van der Waals surface area contributed by atoms with E-state index in [9.17, 15) is 19.7 Å². The summed E-state index contributed by atoms with van der Waals surface area (Å²) in [4.78, 5) is 35.6. The minimum Gasteiger partial charge on any atom is -0.454 e. The summed E-state index contributed by atoms with van der Waals surface area (Å²) in [6, 6.07) is 15.6. The van der Waals surface area contributed by atoms with E-state index in [0.29, 0.717) is 12.1 Å². The molecule has 0 unspecified atom stereocenters. The molecule has 0 bridgehead atoms. The van der Waals surface area contributed by atoms with Crippen LogP contribution in [0.3, 0.4) is 0 Å². The fourth-order valence-electron chi connectivity index (χ4n) is 3.41. The molecule has 0 aliphatic carbocycles. The topological polar surface area (TPSA) is 103 Å². The van der Waals surface area contributed by atoms with Gasteiger partial charge in [0, 0.05) is 36.6 Å². The summed E-state index contributed by atoms with van der Waals surface area (Å²) in [6.45, 7) is 3.95. The van der Waals surface area contributed by atoms with Gasteiger partial charge >= 0.3 is 5.97 Å². The second-order valence-corrected chi connectivity index (χ2v) is 7.09. The molecule has 1 N–H and O–H groups in total. The number of carbonyl (C=O) groups excluding carboxylic acids is 2. The van der Waals surface area contributed by atoms with E-state index in [1.165, 1.54) is 12.1 Å². The van der Waals surface area contributed by atoms with Crippen LogP contribution in [0.15, 0.2) is 54.6 Å². The van der Waals surface area contributed by atoms with Crippen molar-refractivity contribution in [2.45, 2.75) is 20.4 Å². The lowest BCUT2D eigenvalue weighted by Gasteiger charge is -2.10. The molecule has 0 amide bonds. The van der Waals surface area contributed by atoms with Crippen molar-refractivity contribution in [3.05, 3.63) is 92.8 Å². The lowest BCUT2D eigenvalue weighted by molar-refractivity contribution is -0.384. The Morgan fingerprint density at radius 2 is 1.81 bits per heavy atom. The number of benzene rings is 2. The summed E-state index contributed by atoms with van der Waals surface area (Å²) >= 11 is 0. The number of nitro benzene ring substituents is 1. The van der Waals surface area contributed by atoms with Crippen LogP contribution in [0.4, 0.5) is 11.4 Å². The van der Waals surface area contributed by atoms with Gasteiger partial charge in [-0.1, -0.05) is 30.3 Å². The number of ketones is 1. The van der Waals surface area contributed by atoms with Gasteiger partial charge in [-0.3, -0.25) is 14.9 Å². The molecule has 0 aliphatic rings. The number of hydrogen-bond acceptors (Lipinski definition) is 6. The molecule has 0 radical (unpaired) electrons. The van der Waals surface area contributed by atoms with E-state index >= 15 is 0 Å². The molecule has 3 rings (SSSR count). The fourth-order valence-corrected chi connectivity index (χ4v) is 3.41. The van der Waals surface area contributed by atoms with Gasteiger partial charge in [0.1, 0.15) is 5.69 Å². The number of aryl methyl sites for hydroxylation is 1. The minimum atomic E-state index is -0.794. The zero-order valence-corrected chi connectivity index (χ0v) is 17.5. The van der Waals surface area contributed by atoms with Crippen molar-refractivity contribution < 1.29 is 19.2 Å². The van der Waals surface area contributed by atoms with Crippen molar-refractivity contribution >= 4 is 23.1 Å². The molecule has 8 nitrogen and oxygen atoms in total. The van der Waals surface area contributed by atoms with Crippen LogP contribution in [0, 0.1) is 24.0 Å². The molecule has 0 fully saturated rings. The molecule has 8 heteroatoms. The summed E-state index contributed by atoms with van der Waals surface area (Å²) in [5, 5.41) is 13.9. The van der Waals surface area contributed by atoms with Crippen LogP contribution < -0.4 is 5.32 Å². The van der Waals surface area contributed by atoms with E-state index in [4.69, 9.17) is 4.74 Å². The van der Waals surface area contributed by atoms with Crippen molar-refractivity contribution in [1.82, 2.24) is 4.57 Å². The molecule has 0 aliphatic heterocycles.